The molecule has 0 unspecified atom stereocenters. The maximum absolute atomic E-state index is 5.87. The van der Waals surface area contributed by atoms with Crippen LogP contribution in [0, 0.1) is 6.92 Å². The minimum atomic E-state index is 0.0436. The summed E-state index contributed by atoms with van der Waals surface area (Å²) in [5, 5.41) is 10.3. The van der Waals surface area contributed by atoms with Gasteiger partial charge in [-0.25, -0.2) is 0 Å². The molecule has 0 bridgehead atoms. The Morgan fingerprint density at radius 3 is 3.00 bits per heavy atom. The third-order valence-corrected chi connectivity index (χ3v) is 3.19. The van der Waals surface area contributed by atoms with Crippen molar-refractivity contribution in [3.05, 3.63) is 41.7 Å². The van der Waals surface area contributed by atoms with Crippen molar-refractivity contribution >= 4 is 0 Å². The number of hydrogen-bond donors (Lipinski definition) is 2. The molecule has 0 amide bonds. The molecule has 2 aromatic rings. The molecule has 0 aliphatic carbocycles. The van der Waals surface area contributed by atoms with Crippen LogP contribution in [-0.2, 0) is 6.54 Å². The molecule has 100 valence electrons. The first-order valence-corrected chi connectivity index (χ1v) is 6.41. The molecule has 0 fully saturated rings. The molecular weight excluding hydrogens is 242 g/mol. The predicted octanol–water partition coefficient (Wildman–Crippen LogP) is 1.65. The van der Waals surface area contributed by atoms with Crippen LogP contribution in [-0.4, -0.2) is 29.5 Å². The fraction of sp³-hybridized carbons (Fsp3) is 0.357. The molecule has 2 heterocycles. The third kappa shape index (κ3) is 2.71. The molecule has 1 aromatic heterocycles. The van der Waals surface area contributed by atoms with Gasteiger partial charge < -0.3 is 14.8 Å². The Kier molecular flexibility index (Phi) is 3.37. The van der Waals surface area contributed by atoms with E-state index in [-0.39, 0.29) is 6.10 Å². The van der Waals surface area contributed by atoms with E-state index in [0.717, 1.165) is 30.3 Å². The second-order valence-corrected chi connectivity index (χ2v) is 4.65. The SMILES string of the molecule is Cc1[nH]ncc1CNC[C@@H]1COc2ccccc2O1. The summed E-state index contributed by atoms with van der Waals surface area (Å²) in [5.41, 5.74) is 2.27. The van der Waals surface area contributed by atoms with E-state index in [9.17, 15) is 0 Å². The molecule has 1 aliphatic rings. The van der Waals surface area contributed by atoms with Gasteiger partial charge in [-0.15, -0.1) is 0 Å². The van der Waals surface area contributed by atoms with E-state index in [4.69, 9.17) is 9.47 Å². The van der Waals surface area contributed by atoms with Crippen molar-refractivity contribution in [2.24, 2.45) is 0 Å². The number of aromatic nitrogens is 2. The number of benzene rings is 1. The number of H-pyrrole nitrogens is 1. The van der Waals surface area contributed by atoms with E-state index in [0.29, 0.717) is 6.61 Å². The second-order valence-electron chi connectivity index (χ2n) is 4.65. The van der Waals surface area contributed by atoms with Crippen molar-refractivity contribution < 1.29 is 9.47 Å². The van der Waals surface area contributed by atoms with Gasteiger partial charge in [-0.3, -0.25) is 5.10 Å². The molecule has 1 aromatic carbocycles. The number of nitrogens with zero attached hydrogens (tertiary/aromatic N) is 1. The van der Waals surface area contributed by atoms with Crippen molar-refractivity contribution in [3.8, 4) is 11.5 Å². The van der Waals surface area contributed by atoms with Gasteiger partial charge in [0, 0.05) is 24.3 Å². The molecule has 0 spiro atoms. The Hall–Kier alpha value is -2.01. The molecule has 1 atom stereocenters. The standard InChI is InChI=1S/C14H17N3O2/c1-10-11(7-16-17-10)6-15-8-12-9-18-13-4-2-3-5-14(13)19-12/h2-5,7,12,15H,6,8-9H2,1H3,(H,16,17)/t12-/m1/s1. The van der Waals surface area contributed by atoms with Gasteiger partial charge in [-0.1, -0.05) is 12.1 Å². The lowest BCUT2D eigenvalue weighted by Crippen LogP contribution is -2.38. The van der Waals surface area contributed by atoms with Crippen LogP contribution in [0.1, 0.15) is 11.3 Å². The van der Waals surface area contributed by atoms with Crippen LogP contribution < -0.4 is 14.8 Å². The number of nitrogens with one attached hydrogen (secondary N) is 2. The van der Waals surface area contributed by atoms with Crippen molar-refractivity contribution in [2.45, 2.75) is 19.6 Å². The molecular formula is C14H17N3O2. The van der Waals surface area contributed by atoms with Gasteiger partial charge in [0.25, 0.3) is 0 Å². The highest BCUT2D eigenvalue weighted by molar-refractivity contribution is 5.40. The lowest BCUT2D eigenvalue weighted by Gasteiger charge is -2.26. The number of fused-ring (bicyclic) bond motifs is 1. The minimum absolute atomic E-state index is 0.0436. The van der Waals surface area contributed by atoms with Gasteiger partial charge in [0.05, 0.1) is 6.20 Å². The smallest absolute Gasteiger partial charge is 0.161 e. The van der Waals surface area contributed by atoms with Crippen LogP contribution in [0.2, 0.25) is 0 Å². The summed E-state index contributed by atoms with van der Waals surface area (Å²) >= 11 is 0. The quantitative estimate of drug-likeness (QED) is 0.876. The van der Waals surface area contributed by atoms with Gasteiger partial charge >= 0.3 is 0 Å². The number of rotatable bonds is 4. The first-order chi connectivity index (χ1) is 9.33. The Morgan fingerprint density at radius 2 is 2.21 bits per heavy atom. The van der Waals surface area contributed by atoms with Crippen LogP contribution >= 0.6 is 0 Å². The molecule has 2 N–H and O–H groups in total. The number of aryl methyl sites for hydroxylation is 1. The average molecular weight is 259 g/mol. The molecule has 5 nitrogen and oxygen atoms in total. The van der Waals surface area contributed by atoms with Gasteiger partial charge in [0.15, 0.2) is 11.5 Å². The average Bonchev–Trinajstić information content (AvgIpc) is 2.84. The van der Waals surface area contributed by atoms with E-state index in [1.807, 2.05) is 37.4 Å². The molecule has 0 radical (unpaired) electrons. The maximum atomic E-state index is 5.87. The molecule has 5 heteroatoms. The molecule has 1 aliphatic heterocycles. The van der Waals surface area contributed by atoms with Crippen molar-refractivity contribution in [2.75, 3.05) is 13.2 Å². The van der Waals surface area contributed by atoms with E-state index >= 15 is 0 Å². The highest BCUT2D eigenvalue weighted by Gasteiger charge is 2.19. The lowest BCUT2D eigenvalue weighted by molar-refractivity contribution is 0.0902. The first-order valence-electron chi connectivity index (χ1n) is 6.41. The predicted molar refractivity (Wildman–Crippen MR) is 71.4 cm³/mol. The highest BCUT2D eigenvalue weighted by atomic mass is 16.6. The fourth-order valence-electron chi connectivity index (χ4n) is 2.09. The van der Waals surface area contributed by atoms with Crippen LogP contribution in [0.15, 0.2) is 30.5 Å². The van der Waals surface area contributed by atoms with Gasteiger partial charge in [0.1, 0.15) is 12.7 Å². The Balaban J connectivity index is 1.51. The summed E-state index contributed by atoms with van der Waals surface area (Å²) in [6.07, 6.45) is 1.89. The number of para-hydroxylation sites is 2. The zero-order valence-corrected chi connectivity index (χ0v) is 10.8. The normalized spacial score (nSPS) is 17.4. The Morgan fingerprint density at radius 1 is 1.37 bits per heavy atom. The summed E-state index contributed by atoms with van der Waals surface area (Å²) in [6, 6.07) is 7.75. The highest BCUT2D eigenvalue weighted by Crippen LogP contribution is 2.30. The Bertz CT molecular complexity index is 553. The summed E-state index contributed by atoms with van der Waals surface area (Å²) in [4.78, 5) is 0. The van der Waals surface area contributed by atoms with Gasteiger partial charge in [-0.2, -0.15) is 5.10 Å². The van der Waals surface area contributed by atoms with Gasteiger partial charge in [0.2, 0.25) is 0 Å². The summed E-state index contributed by atoms with van der Waals surface area (Å²) < 4.78 is 11.5. The minimum Gasteiger partial charge on any atom is -0.486 e. The van der Waals surface area contributed by atoms with Crippen molar-refractivity contribution in [1.29, 1.82) is 0 Å². The van der Waals surface area contributed by atoms with E-state index in [2.05, 4.69) is 15.5 Å². The van der Waals surface area contributed by atoms with E-state index in [1.54, 1.807) is 0 Å². The number of aromatic amines is 1. The van der Waals surface area contributed by atoms with Crippen LogP contribution in [0.4, 0.5) is 0 Å². The molecule has 0 saturated heterocycles. The first kappa shape index (κ1) is 12.0. The lowest BCUT2D eigenvalue weighted by atomic mass is 10.2. The number of ether oxygens (including phenoxy) is 2. The largest absolute Gasteiger partial charge is 0.486 e. The molecule has 19 heavy (non-hydrogen) atoms. The van der Waals surface area contributed by atoms with Crippen LogP contribution in [0.3, 0.4) is 0 Å². The summed E-state index contributed by atoms with van der Waals surface area (Å²) in [5.74, 6) is 1.64. The third-order valence-electron chi connectivity index (χ3n) is 3.19. The maximum Gasteiger partial charge on any atom is 0.161 e. The van der Waals surface area contributed by atoms with Crippen molar-refractivity contribution in [3.63, 3.8) is 0 Å². The van der Waals surface area contributed by atoms with E-state index < -0.39 is 0 Å². The summed E-state index contributed by atoms with van der Waals surface area (Å²) in [6.45, 7) is 4.12. The number of hydrogen-bond acceptors (Lipinski definition) is 4. The zero-order valence-electron chi connectivity index (χ0n) is 10.8. The van der Waals surface area contributed by atoms with E-state index in [1.165, 1.54) is 5.56 Å². The second kappa shape index (κ2) is 5.32. The van der Waals surface area contributed by atoms with Crippen LogP contribution in [0.25, 0.3) is 0 Å². The zero-order chi connectivity index (χ0) is 13.1. The summed E-state index contributed by atoms with van der Waals surface area (Å²) in [7, 11) is 0. The topological polar surface area (TPSA) is 59.2 Å². The Labute approximate surface area is 111 Å². The fourth-order valence-corrected chi connectivity index (χ4v) is 2.09. The molecule has 3 rings (SSSR count). The van der Waals surface area contributed by atoms with Crippen LogP contribution in [0.5, 0.6) is 11.5 Å². The molecule has 0 saturated carbocycles. The van der Waals surface area contributed by atoms with Gasteiger partial charge in [-0.05, 0) is 19.1 Å². The van der Waals surface area contributed by atoms with Crippen molar-refractivity contribution in [1.82, 2.24) is 15.5 Å². The monoisotopic (exact) mass is 259 g/mol.